The van der Waals surface area contributed by atoms with E-state index in [-0.39, 0.29) is 18.3 Å². The molecule has 1 rings (SSSR count). The Morgan fingerprint density at radius 2 is 2.46 bits per heavy atom. The molecular formula is C6H11N5O2. The Kier molecular flexibility index (Phi) is 2.91. The summed E-state index contributed by atoms with van der Waals surface area (Å²) in [5, 5.41) is 21.5. The Hall–Kier alpha value is -1.50. The highest BCUT2D eigenvalue weighted by Crippen LogP contribution is 1.95. The van der Waals surface area contributed by atoms with Crippen LogP contribution in [0, 0.1) is 0 Å². The third-order valence-electron chi connectivity index (χ3n) is 1.42. The molecule has 0 aliphatic carbocycles. The Balaban J connectivity index is 2.58. The summed E-state index contributed by atoms with van der Waals surface area (Å²) in [5.74, 6) is -0.363. The molecule has 1 unspecified atom stereocenters. The van der Waals surface area contributed by atoms with Crippen LogP contribution in [0.5, 0.6) is 0 Å². The smallest absolute Gasteiger partial charge is 0.295 e. The maximum absolute atomic E-state index is 11.4. The first kappa shape index (κ1) is 9.59. The lowest BCUT2D eigenvalue weighted by molar-refractivity contribution is 0.0692. The first-order chi connectivity index (χ1) is 6.11. The summed E-state index contributed by atoms with van der Waals surface area (Å²) in [6.07, 6.45) is -0.569. The monoisotopic (exact) mass is 185 g/mol. The van der Waals surface area contributed by atoms with E-state index >= 15 is 0 Å². The summed E-state index contributed by atoms with van der Waals surface area (Å²) in [7, 11) is 1.56. The summed E-state index contributed by atoms with van der Waals surface area (Å²) in [6.45, 7) is 1.84. The normalized spacial score (nSPS) is 12.5. The molecule has 1 amide bonds. The van der Waals surface area contributed by atoms with Gasteiger partial charge in [-0.15, -0.1) is 10.2 Å². The number of nitrogens with one attached hydrogen (secondary N) is 1. The lowest BCUT2D eigenvalue weighted by Gasteiger charge is -2.16. The van der Waals surface area contributed by atoms with Gasteiger partial charge in [-0.25, -0.2) is 0 Å². The van der Waals surface area contributed by atoms with Gasteiger partial charge in [-0.1, -0.05) is 0 Å². The maximum Gasteiger partial charge on any atom is 0.295 e. The Morgan fingerprint density at radius 1 is 1.77 bits per heavy atom. The lowest BCUT2D eigenvalue weighted by Crippen LogP contribution is -2.33. The van der Waals surface area contributed by atoms with E-state index in [4.69, 9.17) is 5.11 Å². The summed E-state index contributed by atoms with van der Waals surface area (Å²) in [5.41, 5.74) is 0. The summed E-state index contributed by atoms with van der Waals surface area (Å²) in [4.78, 5) is 12.7. The second-order valence-corrected chi connectivity index (χ2v) is 2.77. The molecule has 0 fully saturated rings. The molecule has 1 atom stereocenters. The molecular weight excluding hydrogens is 174 g/mol. The van der Waals surface area contributed by atoms with Crippen LogP contribution >= 0.6 is 0 Å². The van der Waals surface area contributed by atoms with E-state index in [1.807, 2.05) is 0 Å². The van der Waals surface area contributed by atoms with E-state index in [9.17, 15) is 4.79 Å². The van der Waals surface area contributed by atoms with Crippen LogP contribution in [-0.2, 0) is 0 Å². The minimum absolute atomic E-state index is 0.00292. The second-order valence-electron chi connectivity index (χ2n) is 2.77. The first-order valence-electron chi connectivity index (χ1n) is 3.78. The van der Waals surface area contributed by atoms with Crippen molar-refractivity contribution in [3.63, 3.8) is 0 Å². The van der Waals surface area contributed by atoms with Crippen molar-refractivity contribution in [3.05, 3.63) is 5.82 Å². The number of nitrogens with zero attached hydrogens (tertiary/aromatic N) is 4. The Morgan fingerprint density at radius 3 is 2.92 bits per heavy atom. The summed E-state index contributed by atoms with van der Waals surface area (Å²) < 4.78 is 0. The third kappa shape index (κ3) is 2.48. The van der Waals surface area contributed by atoms with E-state index in [2.05, 4.69) is 20.6 Å². The molecule has 1 heterocycles. The zero-order valence-corrected chi connectivity index (χ0v) is 7.43. The van der Waals surface area contributed by atoms with Crippen molar-refractivity contribution < 1.29 is 9.90 Å². The van der Waals surface area contributed by atoms with Crippen LogP contribution in [0.3, 0.4) is 0 Å². The number of hydrogen-bond donors (Lipinski definition) is 2. The summed E-state index contributed by atoms with van der Waals surface area (Å²) in [6, 6.07) is 0. The van der Waals surface area contributed by atoms with Crippen LogP contribution < -0.4 is 0 Å². The zero-order valence-electron chi connectivity index (χ0n) is 7.43. The molecule has 1 aromatic heterocycles. The van der Waals surface area contributed by atoms with Gasteiger partial charge in [-0.2, -0.15) is 5.21 Å². The maximum atomic E-state index is 11.4. The Labute approximate surface area is 74.7 Å². The molecule has 0 spiro atoms. The van der Waals surface area contributed by atoms with Gasteiger partial charge in [-0.3, -0.25) is 4.79 Å². The predicted molar refractivity (Wildman–Crippen MR) is 42.8 cm³/mol. The van der Waals surface area contributed by atoms with E-state index in [0.29, 0.717) is 0 Å². The van der Waals surface area contributed by atoms with Crippen molar-refractivity contribution in [2.24, 2.45) is 0 Å². The number of carbonyl (C=O) groups excluding carboxylic acids is 1. The van der Waals surface area contributed by atoms with Gasteiger partial charge in [0.25, 0.3) is 11.7 Å². The van der Waals surface area contributed by atoms with Gasteiger partial charge in [0.05, 0.1) is 6.10 Å². The number of hydrogen-bond acceptors (Lipinski definition) is 5. The quantitative estimate of drug-likeness (QED) is 0.607. The topological polar surface area (TPSA) is 95.0 Å². The van der Waals surface area contributed by atoms with Crippen molar-refractivity contribution in [1.82, 2.24) is 25.5 Å². The molecule has 0 radical (unpaired) electrons. The molecule has 0 aliphatic rings. The minimum atomic E-state index is -0.569. The number of likely N-dealkylation sites (N-methyl/N-ethyl adjacent to an activating group) is 1. The van der Waals surface area contributed by atoms with Crippen LogP contribution in [-0.4, -0.2) is 56.2 Å². The van der Waals surface area contributed by atoms with Gasteiger partial charge in [0, 0.05) is 13.6 Å². The number of carbonyl (C=O) groups is 1. The standard InChI is InChI=1S/C6H11N5O2/c1-4(12)3-11(2)6(13)5-7-9-10-8-5/h4,12H,3H2,1-2H3,(H,7,8,9,10). The molecule has 0 aromatic carbocycles. The molecule has 72 valence electrons. The van der Waals surface area contributed by atoms with Crippen LogP contribution in [0.1, 0.15) is 17.5 Å². The molecule has 2 N–H and O–H groups in total. The first-order valence-corrected chi connectivity index (χ1v) is 3.78. The van der Waals surface area contributed by atoms with Crippen molar-refractivity contribution in [2.45, 2.75) is 13.0 Å². The van der Waals surface area contributed by atoms with E-state index in [0.717, 1.165) is 0 Å². The fourth-order valence-corrected chi connectivity index (χ4v) is 0.902. The largest absolute Gasteiger partial charge is 0.392 e. The van der Waals surface area contributed by atoms with Gasteiger partial charge in [0.2, 0.25) is 0 Å². The SMILES string of the molecule is CC(O)CN(C)C(=O)c1nn[nH]n1. The highest BCUT2D eigenvalue weighted by molar-refractivity contribution is 5.89. The minimum Gasteiger partial charge on any atom is -0.392 e. The van der Waals surface area contributed by atoms with E-state index in [1.54, 1.807) is 14.0 Å². The number of aromatic nitrogens is 4. The molecule has 0 saturated heterocycles. The molecule has 1 aromatic rings. The van der Waals surface area contributed by atoms with Gasteiger partial charge < -0.3 is 10.0 Å². The number of amides is 1. The second kappa shape index (κ2) is 3.94. The average Bonchev–Trinajstić information content (AvgIpc) is 2.53. The van der Waals surface area contributed by atoms with Gasteiger partial charge in [0.1, 0.15) is 0 Å². The number of H-pyrrole nitrogens is 1. The van der Waals surface area contributed by atoms with E-state index in [1.165, 1.54) is 4.90 Å². The lowest BCUT2D eigenvalue weighted by atomic mass is 10.3. The predicted octanol–water partition coefficient (Wildman–Crippen LogP) is -1.35. The molecule has 0 bridgehead atoms. The highest BCUT2D eigenvalue weighted by atomic mass is 16.3. The van der Waals surface area contributed by atoms with Gasteiger partial charge in [0.15, 0.2) is 0 Å². The fourth-order valence-electron chi connectivity index (χ4n) is 0.902. The van der Waals surface area contributed by atoms with Crippen molar-refractivity contribution in [2.75, 3.05) is 13.6 Å². The van der Waals surface area contributed by atoms with Crippen molar-refractivity contribution >= 4 is 5.91 Å². The van der Waals surface area contributed by atoms with Crippen LogP contribution in [0.25, 0.3) is 0 Å². The summed E-state index contributed by atoms with van der Waals surface area (Å²) >= 11 is 0. The third-order valence-corrected chi connectivity index (χ3v) is 1.42. The highest BCUT2D eigenvalue weighted by Gasteiger charge is 2.16. The Bertz CT molecular complexity index is 271. The number of aliphatic hydroxyl groups excluding tert-OH is 1. The molecule has 13 heavy (non-hydrogen) atoms. The molecule has 0 aliphatic heterocycles. The van der Waals surface area contributed by atoms with Crippen molar-refractivity contribution in [1.29, 1.82) is 0 Å². The van der Waals surface area contributed by atoms with Crippen LogP contribution in [0.4, 0.5) is 0 Å². The number of rotatable bonds is 3. The zero-order chi connectivity index (χ0) is 9.84. The average molecular weight is 185 g/mol. The van der Waals surface area contributed by atoms with Gasteiger partial charge >= 0.3 is 0 Å². The molecule has 0 saturated carbocycles. The van der Waals surface area contributed by atoms with Crippen LogP contribution in [0.15, 0.2) is 0 Å². The fraction of sp³-hybridized carbons (Fsp3) is 0.667. The van der Waals surface area contributed by atoms with E-state index < -0.39 is 6.10 Å². The molecule has 7 nitrogen and oxygen atoms in total. The van der Waals surface area contributed by atoms with Crippen molar-refractivity contribution in [3.8, 4) is 0 Å². The number of aliphatic hydroxyl groups is 1. The van der Waals surface area contributed by atoms with Crippen LogP contribution in [0.2, 0.25) is 0 Å². The number of aromatic amines is 1. The number of tetrazole rings is 1. The molecule has 7 heteroatoms. The van der Waals surface area contributed by atoms with Gasteiger partial charge in [-0.05, 0) is 12.1 Å².